The molecule has 3 heteroatoms. The van der Waals surface area contributed by atoms with Crippen LogP contribution in [0.5, 0.6) is 0 Å². The molecule has 0 aromatic heterocycles. The lowest BCUT2D eigenvalue weighted by molar-refractivity contribution is 1.56. The largest absolute Gasteiger partial charge is 0.103 e. The highest BCUT2D eigenvalue weighted by Gasteiger charge is 2.15. The number of hydrogen-bond donors (Lipinski definition) is 0. The van der Waals surface area contributed by atoms with E-state index in [0.717, 1.165) is 12.1 Å². The van der Waals surface area contributed by atoms with Gasteiger partial charge in [0.25, 0.3) is 0 Å². The lowest BCUT2D eigenvalue weighted by Crippen LogP contribution is -2.34. The molecule has 9 heavy (non-hydrogen) atoms. The van der Waals surface area contributed by atoms with Crippen molar-refractivity contribution in [1.29, 1.82) is 0 Å². The van der Waals surface area contributed by atoms with Crippen LogP contribution >= 0.6 is 0 Å². The summed E-state index contributed by atoms with van der Waals surface area (Å²) in [6, 6.07) is 2.07. The van der Waals surface area contributed by atoms with Crippen LogP contribution in [0.1, 0.15) is 0 Å². The third-order valence-electron chi connectivity index (χ3n) is 0.986. The molecule has 0 bridgehead atoms. The summed E-state index contributed by atoms with van der Waals surface area (Å²) in [7, 11) is 6.00. The maximum atomic E-state index is 3.67. The minimum absolute atomic E-state index is 1.03. The van der Waals surface area contributed by atoms with Gasteiger partial charge in [-0.25, -0.2) is 0 Å². The van der Waals surface area contributed by atoms with Crippen LogP contribution in [-0.2, 0) is 0 Å². The predicted molar refractivity (Wildman–Crippen MR) is 47.3 cm³/mol. The van der Waals surface area contributed by atoms with Gasteiger partial charge in [0.05, 0.1) is 0 Å². The van der Waals surface area contributed by atoms with Crippen LogP contribution in [0.25, 0.3) is 0 Å². The monoisotopic (exact) mass is 166 g/mol. The predicted octanol–water partition coefficient (Wildman–Crippen LogP) is 1.14. The van der Waals surface area contributed by atoms with Gasteiger partial charge >= 0.3 is 0 Å². The van der Waals surface area contributed by atoms with Crippen LogP contribution in [-0.4, -0.2) is 26.6 Å². The molecule has 0 spiro atoms. The summed E-state index contributed by atoms with van der Waals surface area (Å²) in [4.78, 5) is 0. The van der Waals surface area contributed by atoms with E-state index in [1.54, 1.807) is 0 Å². The molecule has 46 valence electrons. The molecule has 0 amide bonds. The fraction of sp³-hybridized carbons (Fsp3) is 0.333. The van der Waals surface area contributed by atoms with Crippen molar-refractivity contribution in [3.8, 4) is 0 Å². The second-order valence-electron chi connectivity index (χ2n) is 2.07. The van der Waals surface area contributed by atoms with Crippen molar-refractivity contribution >= 4 is 26.6 Å². The maximum absolute atomic E-state index is 3.67. The van der Waals surface area contributed by atoms with Gasteiger partial charge in [0, 0.05) is 26.6 Å². The van der Waals surface area contributed by atoms with Crippen LogP contribution in [0.15, 0.2) is 25.3 Å². The second kappa shape index (κ2) is 4.03. The van der Waals surface area contributed by atoms with Crippen LogP contribution in [0.3, 0.4) is 0 Å². The van der Waals surface area contributed by atoms with E-state index in [1.807, 2.05) is 12.2 Å². The van der Waals surface area contributed by atoms with Crippen molar-refractivity contribution in [2.45, 2.75) is 12.1 Å². The molecular weight excluding hydrogens is 156 g/mol. The molecule has 0 saturated heterocycles. The zero-order valence-corrected chi connectivity index (χ0v) is 8.48. The summed E-state index contributed by atoms with van der Waals surface area (Å²) in [5.74, 6) is 0. The van der Waals surface area contributed by atoms with Gasteiger partial charge in [-0.05, 0) is 12.1 Å². The first-order valence-electron chi connectivity index (χ1n) is 2.84. The molecule has 0 nitrogen and oxygen atoms in total. The van der Waals surface area contributed by atoms with Crippen LogP contribution in [0.4, 0.5) is 0 Å². The number of allylic oxidation sites excluding steroid dienone is 2. The standard InChI is InChI=1S/C6H10Si3/c1-3-5-9(7,8)6-4-2/h3-4H,1-2,5-6H2. The van der Waals surface area contributed by atoms with Gasteiger partial charge in [-0.1, -0.05) is 12.2 Å². The first kappa shape index (κ1) is 9.13. The summed E-state index contributed by atoms with van der Waals surface area (Å²) < 4.78 is 0. The minimum Gasteiger partial charge on any atom is -0.103 e. The van der Waals surface area contributed by atoms with Gasteiger partial charge in [-0.2, -0.15) is 0 Å². The second-order valence-corrected chi connectivity index (χ2v) is 12.3. The van der Waals surface area contributed by atoms with Gasteiger partial charge in [-0.3, -0.25) is 0 Å². The Morgan fingerprint density at radius 1 is 1.11 bits per heavy atom. The molecule has 0 aliphatic rings. The zero-order chi connectivity index (χ0) is 7.33. The molecule has 0 saturated carbocycles. The average Bonchev–Trinajstić information content (AvgIpc) is 1.64. The van der Waals surface area contributed by atoms with Crippen molar-refractivity contribution in [2.24, 2.45) is 0 Å². The molecule has 0 aromatic carbocycles. The highest BCUT2D eigenvalue weighted by Crippen LogP contribution is 2.06. The molecule has 0 aliphatic heterocycles. The SMILES string of the molecule is C=CC[Si]([Si])([Si])CC=C. The quantitative estimate of drug-likeness (QED) is 0.434. The normalized spacial score (nSPS) is 10.9. The van der Waals surface area contributed by atoms with Crippen molar-refractivity contribution in [3.63, 3.8) is 0 Å². The highest BCUT2D eigenvalue weighted by molar-refractivity contribution is 7.41. The summed E-state index contributed by atoms with van der Waals surface area (Å²) in [5, 5.41) is 0. The summed E-state index contributed by atoms with van der Waals surface area (Å²) in [6.07, 6.45) is 3.85. The summed E-state index contributed by atoms with van der Waals surface area (Å²) in [5.41, 5.74) is 0. The molecule has 0 unspecified atom stereocenters. The van der Waals surface area contributed by atoms with Crippen molar-refractivity contribution in [3.05, 3.63) is 25.3 Å². The Morgan fingerprint density at radius 3 is 1.67 bits per heavy atom. The Kier molecular flexibility index (Phi) is 4.09. The van der Waals surface area contributed by atoms with E-state index in [4.69, 9.17) is 0 Å². The minimum atomic E-state index is -1.33. The Bertz CT molecular complexity index is 94.9. The molecule has 0 fully saturated rings. The van der Waals surface area contributed by atoms with Gasteiger partial charge < -0.3 is 0 Å². The van der Waals surface area contributed by atoms with Gasteiger partial charge in [0.2, 0.25) is 0 Å². The third-order valence-corrected chi connectivity index (χ3v) is 5.41. The molecular formula is C6H10Si3. The van der Waals surface area contributed by atoms with Gasteiger partial charge in [0.15, 0.2) is 0 Å². The summed E-state index contributed by atoms with van der Waals surface area (Å²) >= 11 is 0. The molecule has 0 atom stereocenters. The Balaban J connectivity index is 3.68. The van der Waals surface area contributed by atoms with E-state index in [2.05, 4.69) is 32.7 Å². The van der Waals surface area contributed by atoms with Crippen LogP contribution in [0.2, 0.25) is 12.1 Å². The van der Waals surface area contributed by atoms with E-state index in [-0.39, 0.29) is 0 Å². The highest BCUT2D eigenvalue weighted by atomic mass is 29.6. The molecule has 6 radical (unpaired) electrons. The first-order chi connectivity index (χ1) is 4.12. The first-order valence-corrected chi connectivity index (χ1v) is 8.25. The Morgan fingerprint density at radius 2 is 1.44 bits per heavy atom. The van der Waals surface area contributed by atoms with E-state index in [1.165, 1.54) is 0 Å². The fourth-order valence-corrected chi connectivity index (χ4v) is 3.46. The van der Waals surface area contributed by atoms with Gasteiger partial charge in [-0.15, -0.1) is 13.2 Å². The van der Waals surface area contributed by atoms with Crippen LogP contribution in [0, 0.1) is 0 Å². The van der Waals surface area contributed by atoms with E-state index in [9.17, 15) is 0 Å². The van der Waals surface area contributed by atoms with E-state index < -0.39 is 7.11 Å². The molecule has 0 heterocycles. The topological polar surface area (TPSA) is 0 Å². The Labute approximate surface area is 64.5 Å². The van der Waals surface area contributed by atoms with Crippen LogP contribution < -0.4 is 0 Å². The van der Waals surface area contributed by atoms with E-state index >= 15 is 0 Å². The molecule has 0 N–H and O–H groups in total. The molecule has 0 rings (SSSR count). The van der Waals surface area contributed by atoms with Crippen molar-refractivity contribution in [1.82, 2.24) is 0 Å². The summed E-state index contributed by atoms with van der Waals surface area (Å²) in [6.45, 7) is 7.33. The Hall–Kier alpha value is 0.131. The van der Waals surface area contributed by atoms with Crippen molar-refractivity contribution < 1.29 is 0 Å². The fourth-order valence-electron chi connectivity index (χ4n) is 0.576. The lowest BCUT2D eigenvalue weighted by Gasteiger charge is -2.16. The average molecular weight is 166 g/mol. The van der Waals surface area contributed by atoms with Gasteiger partial charge in [0.1, 0.15) is 0 Å². The smallest absolute Gasteiger partial charge is 0.0318 e. The number of hydrogen-bond acceptors (Lipinski definition) is 0. The third kappa shape index (κ3) is 4.62. The maximum Gasteiger partial charge on any atom is 0.0318 e. The molecule has 0 aromatic rings. The lowest BCUT2D eigenvalue weighted by atomic mass is 10.7. The van der Waals surface area contributed by atoms with Crippen molar-refractivity contribution in [2.75, 3.05) is 0 Å². The van der Waals surface area contributed by atoms with E-state index in [0.29, 0.717) is 0 Å². The zero-order valence-electron chi connectivity index (χ0n) is 5.48. The number of rotatable bonds is 4. The molecule has 0 aliphatic carbocycles.